The quantitative estimate of drug-likeness (QED) is 0.783. The standard InChI is InChI=1S/C15H18ClN/c1-10(15-8-11-5-6-12(15)7-11)17-14-4-2-3-13(16)9-14/h2-6,9-12,15,17H,7-8H2,1H3. The van der Waals surface area contributed by atoms with Gasteiger partial charge >= 0.3 is 0 Å². The van der Waals surface area contributed by atoms with E-state index < -0.39 is 0 Å². The zero-order chi connectivity index (χ0) is 11.8. The lowest BCUT2D eigenvalue weighted by Crippen LogP contribution is -2.28. The topological polar surface area (TPSA) is 12.0 Å². The van der Waals surface area contributed by atoms with Crippen molar-refractivity contribution in [3.63, 3.8) is 0 Å². The van der Waals surface area contributed by atoms with Gasteiger partial charge in [0.05, 0.1) is 0 Å². The Hall–Kier alpha value is -0.950. The van der Waals surface area contributed by atoms with Gasteiger partial charge < -0.3 is 5.32 Å². The van der Waals surface area contributed by atoms with E-state index >= 15 is 0 Å². The molecular weight excluding hydrogens is 230 g/mol. The third-order valence-electron chi connectivity index (χ3n) is 4.19. The minimum Gasteiger partial charge on any atom is -0.382 e. The van der Waals surface area contributed by atoms with E-state index in [2.05, 4.69) is 30.5 Å². The molecule has 3 rings (SSSR count). The van der Waals surface area contributed by atoms with Gasteiger partial charge in [-0.05, 0) is 55.7 Å². The number of rotatable bonds is 3. The summed E-state index contributed by atoms with van der Waals surface area (Å²) in [5.41, 5.74) is 1.14. The fourth-order valence-electron chi connectivity index (χ4n) is 3.35. The van der Waals surface area contributed by atoms with E-state index in [0.29, 0.717) is 6.04 Å². The monoisotopic (exact) mass is 247 g/mol. The highest BCUT2D eigenvalue weighted by atomic mass is 35.5. The summed E-state index contributed by atoms with van der Waals surface area (Å²) in [6, 6.07) is 8.52. The van der Waals surface area contributed by atoms with Gasteiger partial charge in [-0.1, -0.05) is 29.8 Å². The Morgan fingerprint density at radius 2 is 2.18 bits per heavy atom. The Bertz CT molecular complexity index is 440. The number of hydrogen-bond donors (Lipinski definition) is 1. The minimum absolute atomic E-state index is 0.522. The first-order chi connectivity index (χ1) is 8.22. The third-order valence-corrected chi connectivity index (χ3v) is 4.43. The molecule has 2 bridgehead atoms. The predicted molar refractivity (Wildman–Crippen MR) is 73.4 cm³/mol. The summed E-state index contributed by atoms with van der Waals surface area (Å²) < 4.78 is 0. The summed E-state index contributed by atoms with van der Waals surface area (Å²) in [5.74, 6) is 2.42. The Balaban J connectivity index is 1.67. The summed E-state index contributed by atoms with van der Waals surface area (Å²) in [5, 5.41) is 4.39. The average Bonchev–Trinajstić information content (AvgIpc) is 2.90. The van der Waals surface area contributed by atoms with Crippen LogP contribution in [0.4, 0.5) is 5.69 Å². The molecule has 4 unspecified atom stereocenters. The molecule has 4 atom stereocenters. The van der Waals surface area contributed by atoms with Crippen LogP contribution < -0.4 is 5.32 Å². The second-order valence-electron chi connectivity index (χ2n) is 5.39. The van der Waals surface area contributed by atoms with Crippen molar-refractivity contribution in [2.24, 2.45) is 17.8 Å². The van der Waals surface area contributed by atoms with Crippen LogP contribution in [0.1, 0.15) is 19.8 Å². The van der Waals surface area contributed by atoms with E-state index in [0.717, 1.165) is 28.5 Å². The first-order valence-corrected chi connectivity index (χ1v) is 6.80. The lowest BCUT2D eigenvalue weighted by atomic mass is 9.87. The molecule has 0 saturated heterocycles. The molecule has 1 fully saturated rings. The molecule has 0 aliphatic heterocycles. The largest absolute Gasteiger partial charge is 0.382 e. The van der Waals surface area contributed by atoms with Crippen molar-refractivity contribution in [2.45, 2.75) is 25.8 Å². The van der Waals surface area contributed by atoms with Gasteiger partial charge in [-0.2, -0.15) is 0 Å². The maximum Gasteiger partial charge on any atom is 0.0426 e. The molecule has 90 valence electrons. The zero-order valence-electron chi connectivity index (χ0n) is 10.1. The highest BCUT2D eigenvalue weighted by molar-refractivity contribution is 6.30. The molecule has 0 heterocycles. The molecule has 2 aliphatic carbocycles. The molecule has 0 radical (unpaired) electrons. The van der Waals surface area contributed by atoms with Gasteiger partial charge in [0.1, 0.15) is 0 Å². The normalized spacial score (nSPS) is 31.8. The van der Waals surface area contributed by atoms with E-state index in [-0.39, 0.29) is 0 Å². The van der Waals surface area contributed by atoms with E-state index in [1.54, 1.807) is 0 Å². The molecule has 0 spiro atoms. The predicted octanol–water partition coefficient (Wildman–Crippen LogP) is 4.35. The molecular formula is C15H18ClN. The van der Waals surface area contributed by atoms with E-state index in [1.807, 2.05) is 18.2 Å². The van der Waals surface area contributed by atoms with Crippen LogP contribution in [0.3, 0.4) is 0 Å². The minimum atomic E-state index is 0.522. The van der Waals surface area contributed by atoms with Crippen LogP contribution in [-0.4, -0.2) is 6.04 Å². The van der Waals surface area contributed by atoms with Gasteiger partial charge in [-0.15, -0.1) is 0 Å². The Morgan fingerprint density at radius 3 is 2.82 bits per heavy atom. The fourth-order valence-corrected chi connectivity index (χ4v) is 3.54. The van der Waals surface area contributed by atoms with Gasteiger partial charge in [0.15, 0.2) is 0 Å². The van der Waals surface area contributed by atoms with Crippen molar-refractivity contribution >= 4 is 17.3 Å². The van der Waals surface area contributed by atoms with Crippen molar-refractivity contribution in [1.29, 1.82) is 0 Å². The number of halogens is 1. The number of hydrogen-bond acceptors (Lipinski definition) is 1. The van der Waals surface area contributed by atoms with Gasteiger partial charge in [-0.25, -0.2) is 0 Å². The molecule has 1 aromatic carbocycles. The van der Waals surface area contributed by atoms with Gasteiger partial charge in [-0.3, -0.25) is 0 Å². The molecule has 0 amide bonds. The molecule has 0 aromatic heterocycles. The smallest absolute Gasteiger partial charge is 0.0426 e. The van der Waals surface area contributed by atoms with Crippen LogP contribution in [0.15, 0.2) is 36.4 Å². The highest BCUT2D eigenvalue weighted by Gasteiger charge is 2.38. The van der Waals surface area contributed by atoms with Gasteiger partial charge in [0, 0.05) is 16.8 Å². The summed E-state index contributed by atoms with van der Waals surface area (Å²) in [4.78, 5) is 0. The summed E-state index contributed by atoms with van der Waals surface area (Å²) in [6.07, 6.45) is 7.52. The molecule has 1 nitrogen and oxygen atoms in total. The Labute approximate surface area is 108 Å². The summed E-state index contributed by atoms with van der Waals surface area (Å²) >= 11 is 6.00. The third kappa shape index (κ3) is 2.21. The van der Waals surface area contributed by atoms with Crippen molar-refractivity contribution in [3.05, 3.63) is 41.4 Å². The molecule has 1 saturated carbocycles. The lowest BCUT2D eigenvalue weighted by Gasteiger charge is -2.27. The van der Waals surface area contributed by atoms with Crippen molar-refractivity contribution < 1.29 is 0 Å². The molecule has 1 N–H and O–H groups in total. The molecule has 1 aromatic rings. The Morgan fingerprint density at radius 1 is 1.29 bits per heavy atom. The first kappa shape index (κ1) is 11.2. The van der Waals surface area contributed by atoms with Crippen LogP contribution in [0.2, 0.25) is 5.02 Å². The summed E-state index contributed by atoms with van der Waals surface area (Å²) in [6.45, 7) is 2.29. The van der Waals surface area contributed by atoms with Crippen molar-refractivity contribution in [1.82, 2.24) is 0 Å². The van der Waals surface area contributed by atoms with Crippen molar-refractivity contribution in [3.8, 4) is 0 Å². The number of benzene rings is 1. The van der Waals surface area contributed by atoms with Crippen LogP contribution in [0.25, 0.3) is 0 Å². The first-order valence-electron chi connectivity index (χ1n) is 6.43. The summed E-state index contributed by atoms with van der Waals surface area (Å²) in [7, 11) is 0. The maximum absolute atomic E-state index is 6.00. The zero-order valence-corrected chi connectivity index (χ0v) is 10.8. The molecule has 2 heteroatoms. The average molecular weight is 248 g/mol. The van der Waals surface area contributed by atoms with Crippen LogP contribution in [0, 0.1) is 17.8 Å². The van der Waals surface area contributed by atoms with Crippen LogP contribution in [-0.2, 0) is 0 Å². The lowest BCUT2D eigenvalue weighted by molar-refractivity contribution is 0.400. The number of allylic oxidation sites excluding steroid dienone is 2. The SMILES string of the molecule is CC(Nc1cccc(Cl)c1)C1CC2C=CC1C2. The molecule has 2 aliphatic rings. The van der Waals surface area contributed by atoms with E-state index in [1.165, 1.54) is 12.8 Å². The van der Waals surface area contributed by atoms with Crippen LogP contribution in [0.5, 0.6) is 0 Å². The number of anilines is 1. The van der Waals surface area contributed by atoms with E-state index in [9.17, 15) is 0 Å². The van der Waals surface area contributed by atoms with Crippen molar-refractivity contribution in [2.75, 3.05) is 5.32 Å². The fraction of sp³-hybridized carbons (Fsp3) is 0.467. The Kier molecular flexibility index (Phi) is 2.87. The second-order valence-corrected chi connectivity index (χ2v) is 5.82. The highest BCUT2D eigenvalue weighted by Crippen LogP contribution is 2.45. The second kappa shape index (κ2) is 4.38. The van der Waals surface area contributed by atoms with E-state index in [4.69, 9.17) is 11.6 Å². The van der Waals surface area contributed by atoms with Crippen LogP contribution >= 0.6 is 11.6 Å². The van der Waals surface area contributed by atoms with Gasteiger partial charge in [0.25, 0.3) is 0 Å². The molecule has 17 heavy (non-hydrogen) atoms. The van der Waals surface area contributed by atoms with Gasteiger partial charge in [0.2, 0.25) is 0 Å². The number of nitrogens with one attached hydrogen (secondary N) is 1. The maximum atomic E-state index is 6.00. The number of fused-ring (bicyclic) bond motifs is 2.